The van der Waals surface area contributed by atoms with Crippen LogP contribution in [0.15, 0.2) is 29.4 Å². The van der Waals surface area contributed by atoms with E-state index in [1.54, 1.807) is 32.0 Å². The van der Waals surface area contributed by atoms with Crippen LogP contribution in [0.1, 0.15) is 25.8 Å². The van der Waals surface area contributed by atoms with Crippen molar-refractivity contribution in [3.8, 4) is 0 Å². The number of rotatable bonds is 8. The van der Waals surface area contributed by atoms with Gasteiger partial charge >= 0.3 is 5.97 Å². The lowest BCUT2D eigenvalue weighted by Gasteiger charge is -2.30. The highest BCUT2D eigenvalue weighted by molar-refractivity contribution is 6.31. The Labute approximate surface area is 129 Å². The monoisotopic (exact) mass is 310 g/mol. The number of benzene rings is 1. The lowest BCUT2D eigenvalue weighted by molar-refractivity contribution is -0.151. The molecule has 0 aliphatic rings. The average molecular weight is 311 g/mol. The zero-order valence-electron chi connectivity index (χ0n) is 12.2. The Morgan fingerprint density at radius 1 is 1.52 bits per heavy atom. The van der Waals surface area contributed by atoms with Gasteiger partial charge in [-0.25, -0.2) is 4.79 Å². The molecule has 0 bridgehead atoms. The lowest BCUT2D eigenvalue weighted by Crippen LogP contribution is -2.48. The Morgan fingerprint density at radius 3 is 2.86 bits per heavy atom. The number of nitrogens with one attached hydrogen (secondary N) is 1. The minimum Gasteiger partial charge on any atom is -0.464 e. The maximum atomic E-state index is 12.3. The van der Waals surface area contributed by atoms with Gasteiger partial charge in [-0.2, -0.15) is 0 Å². The first-order valence-electron chi connectivity index (χ1n) is 6.74. The highest BCUT2D eigenvalue weighted by Gasteiger charge is 2.37. The molecule has 0 aromatic heterocycles. The van der Waals surface area contributed by atoms with Gasteiger partial charge in [-0.05, 0) is 38.4 Å². The van der Waals surface area contributed by atoms with Gasteiger partial charge in [0, 0.05) is 22.0 Å². The van der Waals surface area contributed by atoms with Crippen molar-refractivity contribution in [2.75, 3.05) is 19.7 Å². The fourth-order valence-electron chi connectivity index (χ4n) is 1.95. The third-order valence-electron chi connectivity index (χ3n) is 3.07. The van der Waals surface area contributed by atoms with Crippen molar-refractivity contribution in [3.05, 3.63) is 45.3 Å². The molecule has 0 saturated heterocycles. The van der Waals surface area contributed by atoms with E-state index in [1.807, 2.05) is 6.07 Å². The van der Waals surface area contributed by atoms with Crippen LogP contribution in [-0.2, 0) is 15.1 Å². The molecule has 0 radical (unpaired) electrons. The van der Waals surface area contributed by atoms with Crippen molar-refractivity contribution < 1.29 is 9.53 Å². The van der Waals surface area contributed by atoms with E-state index >= 15 is 0 Å². The van der Waals surface area contributed by atoms with Gasteiger partial charge in [0.2, 0.25) is 0 Å². The fourth-order valence-corrected chi connectivity index (χ4v) is 2.28. The second-order valence-electron chi connectivity index (χ2n) is 4.56. The van der Waals surface area contributed by atoms with E-state index in [0.29, 0.717) is 36.7 Å². The van der Waals surface area contributed by atoms with Gasteiger partial charge < -0.3 is 4.74 Å². The van der Waals surface area contributed by atoms with Crippen LogP contribution in [0.25, 0.3) is 10.4 Å². The first kappa shape index (κ1) is 17.3. The predicted octanol–water partition coefficient (Wildman–Crippen LogP) is 3.41. The minimum absolute atomic E-state index is 0.291. The standard InChI is InChI=1S/C14H19ClN4O2/c1-3-21-13(20)14(2,17-9-6-10-18-19-16)11-7-4-5-8-12(11)15/h4-5,7-8,17H,3,6,9-10H2,1-2H3. The molecule has 0 heterocycles. The van der Waals surface area contributed by atoms with E-state index in [0.717, 1.165) is 0 Å². The quantitative estimate of drug-likeness (QED) is 0.262. The van der Waals surface area contributed by atoms with Crippen LogP contribution in [-0.4, -0.2) is 25.7 Å². The number of azide groups is 1. The Kier molecular flexibility index (Phi) is 7.02. The average Bonchev–Trinajstić information content (AvgIpc) is 2.47. The molecule has 1 atom stereocenters. The van der Waals surface area contributed by atoms with Gasteiger partial charge in [0.1, 0.15) is 5.54 Å². The summed E-state index contributed by atoms with van der Waals surface area (Å²) >= 11 is 6.20. The zero-order chi connectivity index (χ0) is 15.7. The normalized spacial score (nSPS) is 13.1. The van der Waals surface area contributed by atoms with E-state index in [2.05, 4.69) is 15.3 Å². The highest BCUT2D eigenvalue weighted by Crippen LogP contribution is 2.29. The van der Waals surface area contributed by atoms with E-state index < -0.39 is 5.54 Å². The van der Waals surface area contributed by atoms with Crippen molar-refractivity contribution >= 4 is 17.6 Å². The molecular formula is C14H19ClN4O2. The summed E-state index contributed by atoms with van der Waals surface area (Å²) in [7, 11) is 0. The third kappa shape index (κ3) is 4.63. The van der Waals surface area contributed by atoms with Crippen LogP contribution in [0.2, 0.25) is 5.02 Å². The van der Waals surface area contributed by atoms with Crippen LogP contribution in [0.3, 0.4) is 0 Å². The largest absolute Gasteiger partial charge is 0.464 e. The van der Waals surface area contributed by atoms with Gasteiger partial charge in [0.05, 0.1) is 6.61 Å². The lowest BCUT2D eigenvalue weighted by atomic mass is 9.91. The molecule has 1 aromatic rings. The number of halogens is 1. The van der Waals surface area contributed by atoms with Gasteiger partial charge in [-0.1, -0.05) is 34.9 Å². The van der Waals surface area contributed by atoms with Gasteiger partial charge in [-0.3, -0.25) is 5.32 Å². The highest BCUT2D eigenvalue weighted by atomic mass is 35.5. The molecule has 7 heteroatoms. The number of ether oxygens (including phenoxy) is 1. The van der Waals surface area contributed by atoms with Crippen molar-refractivity contribution in [3.63, 3.8) is 0 Å². The molecule has 1 unspecified atom stereocenters. The molecule has 0 aliphatic heterocycles. The Bertz CT molecular complexity index is 531. The summed E-state index contributed by atoms with van der Waals surface area (Å²) in [5.41, 5.74) is 7.87. The van der Waals surface area contributed by atoms with Crippen LogP contribution in [0, 0.1) is 0 Å². The molecule has 6 nitrogen and oxygen atoms in total. The SMILES string of the molecule is CCOC(=O)C(C)(NCCCN=[N+]=[N-])c1ccccc1Cl. The van der Waals surface area contributed by atoms with E-state index in [9.17, 15) is 4.79 Å². The van der Waals surface area contributed by atoms with Crippen molar-refractivity contribution in [2.24, 2.45) is 5.11 Å². The molecule has 0 fully saturated rings. The van der Waals surface area contributed by atoms with Crippen molar-refractivity contribution in [1.29, 1.82) is 0 Å². The molecule has 0 spiro atoms. The molecular weight excluding hydrogens is 292 g/mol. The van der Waals surface area contributed by atoms with Crippen LogP contribution < -0.4 is 5.32 Å². The van der Waals surface area contributed by atoms with E-state index in [1.165, 1.54) is 0 Å². The number of hydrogen-bond acceptors (Lipinski definition) is 4. The topological polar surface area (TPSA) is 87.1 Å². The maximum Gasteiger partial charge on any atom is 0.330 e. The summed E-state index contributed by atoms with van der Waals surface area (Å²) in [6, 6.07) is 7.15. The summed E-state index contributed by atoms with van der Waals surface area (Å²) < 4.78 is 5.15. The first-order chi connectivity index (χ1) is 10.1. The summed E-state index contributed by atoms with van der Waals surface area (Å²) in [6.07, 6.45) is 0.615. The van der Waals surface area contributed by atoms with Crippen LogP contribution in [0.4, 0.5) is 0 Å². The second-order valence-corrected chi connectivity index (χ2v) is 4.97. The Morgan fingerprint density at radius 2 is 2.24 bits per heavy atom. The molecule has 0 amide bonds. The van der Waals surface area contributed by atoms with Gasteiger partial charge in [0.15, 0.2) is 0 Å². The number of hydrogen-bond donors (Lipinski definition) is 1. The second kappa shape index (κ2) is 8.52. The molecule has 114 valence electrons. The summed E-state index contributed by atoms with van der Waals surface area (Å²) in [5.74, 6) is -0.387. The molecule has 1 rings (SSSR count). The van der Waals surface area contributed by atoms with E-state index in [-0.39, 0.29) is 5.97 Å². The van der Waals surface area contributed by atoms with Crippen molar-refractivity contribution in [2.45, 2.75) is 25.8 Å². The molecule has 0 aliphatic carbocycles. The fraction of sp³-hybridized carbons (Fsp3) is 0.500. The number of carbonyl (C=O) groups is 1. The smallest absolute Gasteiger partial charge is 0.330 e. The number of carbonyl (C=O) groups excluding carboxylic acids is 1. The number of esters is 1. The molecule has 21 heavy (non-hydrogen) atoms. The maximum absolute atomic E-state index is 12.3. The summed E-state index contributed by atoms with van der Waals surface area (Å²) in [4.78, 5) is 15.0. The molecule has 0 saturated carbocycles. The van der Waals surface area contributed by atoms with Gasteiger partial charge in [-0.15, -0.1) is 0 Å². The summed E-state index contributed by atoms with van der Waals surface area (Å²) in [6.45, 7) is 4.65. The minimum atomic E-state index is -1.04. The third-order valence-corrected chi connectivity index (χ3v) is 3.40. The van der Waals surface area contributed by atoms with Crippen LogP contribution >= 0.6 is 11.6 Å². The van der Waals surface area contributed by atoms with E-state index in [4.69, 9.17) is 21.9 Å². The summed E-state index contributed by atoms with van der Waals surface area (Å²) in [5, 5.41) is 7.11. The Balaban J connectivity index is 2.92. The van der Waals surface area contributed by atoms with Crippen molar-refractivity contribution in [1.82, 2.24) is 5.32 Å². The predicted molar refractivity (Wildman–Crippen MR) is 82.1 cm³/mol. The molecule has 1 N–H and O–H groups in total. The molecule has 1 aromatic carbocycles. The first-order valence-corrected chi connectivity index (χ1v) is 7.12. The van der Waals surface area contributed by atoms with Crippen LogP contribution in [0.5, 0.6) is 0 Å². The zero-order valence-corrected chi connectivity index (χ0v) is 12.9. The van der Waals surface area contributed by atoms with Gasteiger partial charge in [0.25, 0.3) is 0 Å². The Hall–Kier alpha value is -1.75. The number of nitrogens with zero attached hydrogens (tertiary/aromatic N) is 3.